The highest BCUT2D eigenvalue weighted by atomic mass is 79.9. The van der Waals surface area contributed by atoms with Crippen molar-refractivity contribution in [2.24, 2.45) is 5.10 Å². The van der Waals surface area contributed by atoms with Gasteiger partial charge in [0.25, 0.3) is 0 Å². The van der Waals surface area contributed by atoms with Gasteiger partial charge in [-0.25, -0.2) is 0 Å². The van der Waals surface area contributed by atoms with Crippen LogP contribution >= 0.6 is 15.9 Å². The first-order valence-electron chi connectivity index (χ1n) is 7.16. The molecule has 0 saturated carbocycles. The molecule has 1 saturated heterocycles. The first kappa shape index (κ1) is 14.1. The third-order valence-corrected chi connectivity index (χ3v) is 4.15. The second-order valence-corrected chi connectivity index (χ2v) is 5.99. The predicted octanol–water partition coefficient (Wildman–Crippen LogP) is 3.61. The molecule has 1 heterocycles. The van der Waals surface area contributed by atoms with Crippen LogP contribution in [-0.4, -0.2) is 37.4 Å². The van der Waals surface area contributed by atoms with Crippen molar-refractivity contribution in [1.82, 2.24) is 5.01 Å². The minimum Gasteiger partial charge on any atom is -0.368 e. The Hall–Kier alpha value is -1.81. The second-order valence-electron chi connectivity index (χ2n) is 5.07. The molecule has 2 aromatic rings. The number of rotatable bonds is 3. The molecule has 0 atom stereocenters. The molecule has 0 radical (unpaired) electrons. The zero-order chi connectivity index (χ0) is 14.5. The van der Waals surface area contributed by atoms with E-state index in [1.807, 2.05) is 18.3 Å². The van der Waals surface area contributed by atoms with Gasteiger partial charge in [-0.05, 0) is 29.8 Å². The van der Waals surface area contributed by atoms with Gasteiger partial charge in [0, 0.05) is 23.2 Å². The minimum atomic E-state index is 0.960. The summed E-state index contributed by atoms with van der Waals surface area (Å²) in [5.41, 5.74) is 2.43. The summed E-state index contributed by atoms with van der Waals surface area (Å²) in [5, 5.41) is 6.72. The highest BCUT2D eigenvalue weighted by Crippen LogP contribution is 2.15. The maximum absolute atomic E-state index is 4.58. The van der Waals surface area contributed by atoms with E-state index in [4.69, 9.17) is 0 Å². The molecular weight excluding hydrogens is 326 g/mol. The van der Waals surface area contributed by atoms with Gasteiger partial charge in [-0.3, -0.25) is 5.01 Å². The molecule has 0 unspecified atom stereocenters. The van der Waals surface area contributed by atoms with Crippen molar-refractivity contribution in [1.29, 1.82) is 0 Å². The van der Waals surface area contributed by atoms with E-state index in [0.29, 0.717) is 0 Å². The molecule has 4 heteroatoms. The van der Waals surface area contributed by atoms with Gasteiger partial charge in [0.1, 0.15) is 0 Å². The van der Waals surface area contributed by atoms with E-state index in [9.17, 15) is 0 Å². The largest absolute Gasteiger partial charge is 0.368 e. The fourth-order valence-electron chi connectivity index (χ4n) is 2.41. The monoisotopic (exact) mass is 343 g/mol. The van der Waals surface area contributed by atoms with Gasteiger partial charge >= 0.3 is 0 Å². The van der Waals surface area contributed by atoms with Gasteiger partial charge in [-0.15, -0.1) is 0 Å². The highest BCUT2D eigenvalue weighted by Gasteiger charge is 2.15. The van der Waals surface area contributed by atoms with Gasteiger partial charge in [0.05, 0.1) is 19.3 Å². The third kappa shape index (κ3) is 3.85. The lowest BCUT2D eigenvalue weighted by Gasteiger charge is -2.34. The SMILES string of the molecule is Brc1ccc(/C=N\N2CCN(c3ccccc3)CC2)cc1. The van der Waals surface area contributed by atoms with E-state index in [2.05, 4.69) is 73.4 Å². The van der Waals surface area contributed by atoms with E-state index < -0.39 is 0 Å². The molecule has 0 aliphatic carbocycles. The van der Waals surface area contributed by atoms with Crippen LogP contribution in [0.25, 0.3) is 0 Å². The van der Waals surface area contributed by atoms with Crippen molar-refractivity contribution in [3.8, 4) is 0 Å². The Morgan fingerprint density at radius 1 is 0.857 bits per heavy atom. The molecule has 0 amide bonds. The van der Waals surface area contributed by atoms with Crippen LogP contribution in [0.3, 0.4) is 0 Å². The van der Waals surface area contributed by atoms with Crippen LogP contribution in [0.15, 0.2) is 64.2 Å². The lowest BCUT2D eigenvalue weighted by atomic mass is 10.2. The molecule has 0 spiro atoms. The average Bonchev–Trinajstić information content (AvgIpc) is 2.56. The first-order valence-corrected chi connectivity index (χ1v) is 7.95. The Morgan fingerprint density at radius 2 is 1.52 bits per heavy atom. The number of hydrazone groups is 1. The molecule has 3 nitrogen and oxygen atoms in total. The predicted molar refractivity (Wildman–Crippen MR) is 92.0 cm³/mol. The Balaban J connectivity index is 1.55. The molecule has 0 N–H and O–H groups in total. The van der Waals surface area contributed by atoms with Crippen molar-refractivity contribution in [3.63, 3.8) is 0 Å². The number of para-hydroxylation sites is 1. The van der Waals surface area contributed by atoms with Crippen LogP contribution in [0, 0.1) is 0 Å². The standard InChI is InChI=1S/C17H18BrN3/c18-16-8-6-15(7-9-16)14-19-21-12-10-20(11-13-21)17-4-2-1-3-5-17/h1-9,14H,10-13H2/b19-14-. The molecule has 1 fully saturated rings. The van der Waals surface area contributed by atoms with E-state index in [0.717, 1.165) is 36.2 Å². The van der Waals surface area contributed by atoms with Gasteiger partial charge < -0.3 is 4.90 Å². The van der Waals surface area contributed by atoms with Gasteiger partial charge in [0.2, 0.25) is 0 Å². The summed E-state index contributed by atoms with van der Waals surface area (Å²) in [5.74, 6) is 0. The number of hydrogen-bond acceptors (Lipinski definition) is 3. The number of benzene rings is 2. The number of hydrogen-bond donors (Lipinski definition) is 0. The molecule has 108 valence electrons. The van der Waals surface area contributed by atoms with Crippen molar-refractivity contribution in [2.45, 2.75) is 0 Å². The Bertz CT molecular complexity index is 587. The van der Waals surface area contributed by atoms with E-state index in [-0.39, 0.29) is 0 Å². The highest BCUT2D eigenvalue weighted by molar-refractivity contribution is 9.10. The van der Waals surface area contributed by atoms with Gasteiger partial charge in [-0.2, -0.15) is 5.10 Å². The molecule has 0 aromatic heterocycles. The molecule has 2 aromatic carbocycles. The van der Waals surface area contributed by atoms with E-state index >= 15 is 0 Å². The van der Waals surface area contributed by atoms with Crippen LogP contribution in [0.5, 0.6) is 0 Å². The van der Waals surface area contributed by atoms with E-state index in [1.165, 1.54) is 5.69 Å². The molecule has 0 bridgehead atoms. The first-order chi connectivity index (χ1) is 10.3. The lowest BCUT2D eigenvalue weighted by Crippen LogP contribution is -2.44. The summed E-state index contributed by atoms with van der Waals surface area (Å²) >= 11 is 3.44. The zero-order valence-corrected chi connectivity index (χ0v) is 13.4. The summed E-state index contributed by atoms with van der Waals surface area (Å²) in [7, 11) is 0. The summed E-state index contributed by atoms with van der Waals surface area (Å²) < 4.78 is 1.09. The number of halogens is 1. The maximum Gasteiger partial charge on any atom is 0.0542 e. The second kappa shape index (κ2) is 6.76. The Kier molecular flexibility index (Phi) is 4.55. The lowest BCUT2D eigenvalue weighted by molar-refractivity contribution is 0.272. The van der Waals surface area contributed by atoms with Crippen molar-refractivity contribution in [3.05, 3.63) is 64.6 Å². The van der Waals surface area contributed by atoms with Crippen molar-refractivity contribution >= 4 is 27.8 Å². The quantitative estimate of drug-likeness (QED) is 0.793. The Morgan fingerprint density at radius 3 is 2.19 bits per heavy atom. The maximum atomic E-state index is 4.58. The van der Waals surface area contributed by atoms with Crippen LogP contribution in [-0.2, 0) is 0 Å². The molecule has 3 rings (SSSR count). The summed E-state index contributed by atoms with van der Waals surface area (Å²) in [6.07, 6.45) is 1.94. The molecule has 1 aliphatic heterocycles. The fraction of sp³-hybridized carbons (Fsp3) is 0.235. The third-order valence-electron chi connectivity index (χ3n) is 3.62. The number of anilines is 1. The molecular formula is C17H18BrN3. The summed E-state index contributed by atoms with van der Waals surface area (Å²) in [4.78, 5) is 2.41. The number of nitrogens with zero attached hydrogens (tertiary/aromatic N) is 3. The van der Waals surface area contributed by atoms with Crippen LogP contribution in [0.2, 0.25) is 0 Å². The average molecular weight is 344 g/mol. The van der Waals surface area contributed by atoms with Gasteiger partial charge in [-0.1, -0.05) is 46.3 Å². The number of piperazine rings is 1. The van der Waals surface area contributed by atoms with Crippen LogP contribution in [0.4, 0.5) is 5.69 Å². The van der Waals surface area contributed by atoms with Crippen molar-refractivity contribution < 1.29 is 0 Å². The fourth-order valence-corrected chi connectivity index (χ4v) is 2.67. The van der Waals surface area contributed by atoms with Gasteiger partial charge in [0.15, 0.2) is 0 Å². The minimum absolute atomic E-state index is 0.960. The van der Waals surface area contributed by atoms with Crippen LogP contribution < -0.4 is 4.90 Å². The van der Waals surface area contributed by atoms with E-state index in [1.54, 1.807) is 0 Å². The smallest absolute Gasteiger partial charge is 0.0542 e. The molecule has 21 heavy (non-hydrogen) atoms. The topological polar surface area (TPSA) is 18.8 Å². The van der Waals surface area contributed by atoms with Crippen LogP contribution in [0.1, 0.15) is 5.56 Å². The Labute approximate surface area is 134 Å². The zero-order valence-electron chi connectivity index (χ0n) is 11.8. The normalized spacial score (nSPS) is 15.7. The molecule has 1 aliphatic rings. The van der Waals surface area contributed by atoms with Crippen molar-refractivity contribution in [2.75, 3.05) is 31.1 Å². The summed E-state index contributed by atoms with van der Waals surface area (Å²) in [6.45, 7) is 3.95. The summed E-state index contributed by atoms with van der Waals surface area (Å²) in [6, 6.07) is 18.8.